The number of allylic oxidation sites excluding steroid dienone is 1. The van der Waals surface area contributed by atoms with Crippen molar-refractivity contribution < 1.29 is 14.3 Å². The second kappa shape index (κ2) is 5.56. The summed E-state index contributed by atoms with van der Waals surface area (Å²) in [6.45, 7) is 9.28. The third-order valence-corrected chi connectivity index (χ3v) is 4.06. The maximum absolute atomic E-state index is 11.8. The van der Waals surface area contributed by atoms with Crippen molar-refractivity contribution in [3.8, 4) is 0 Å². The zero-order valence-electron chi connectivity index (χ0n) is 11.9. The summed E-state index contributed by atoms with van der Waals surface area (Å²) in [6.07, 6.45) is 3.62. The van der Waals surface area contributed by atoms with Crippen LogP contribution in [0.25, 0.3) is 0 Å². The van der Waals surface area contributed by atoms with Gasteiger partial charge in [0.05, 0.1) is 13.2 Å². The van der Waals surface area contributed by atoms with Crippen LogP contribution in [0.15, 0.2) is 12.2 Å². The molecule has 2 fully saturated rings. The molecule has 2 aliphatic rings. The molecule has 2 saturated heterocycles. The van der Waals surface area contributed by atoms with Crippen LogP contribution in [0, 0.1) is 5.41 Å². The van der Waals surface area contributed by atoms with Gasteiger partial charge in [0, 0.05) is 25.0 Å². The molecule has 0 aromatic rings. The minimum atomic E-state index is -0.486. The van der Waals surface area contributed by atoms with E-state index in [0.29, 0.717) is 13.2 Å². The van der Waals surface area contributed by atoms with E-state index in [9.17, 15) is 4.79 Å². The van der Waals surface area contributed by atoms with E-state index in [4.69, 9.17) is 9.47 Å². The van der Waals surface area contributed by atoms with Crippen molar-refractivity contribution in [2.75, 3.05) is 32.8 Å². The van der Waals surface area contributed by atoms with Crippen LogP contribution in [-0.2, 0) is 14.3 Å². The number of hydrogen-bond donors (Lipinski definition) is 1. The topological polar surface area (TPSA) is 38.8 Å². The summed E-state index contributed by atoms with van der Waals surface area (Å²) >= 11 is 4.60. The van der Waals surface area contributed by atoms with Gasteiger partial charge in [0.2, 0.25) is 0 Å². The molecule has 0 saturated carbocycles. The molecule has 2 aliphatic heterocycles. The number of thiol groups is 1. The van der Waals surface area contributed by atoms with Crippen LogP contribution >= 0.6 is 12.6 Å². The van der Waals surface area contributed by atoms with Gasteiger partial charge in [-0.3, -0.25) is 9.69 Å². The fourth-order valence-corrected chi connectivity index (χ4v) is 2.74. The zero-order chi connectivity index (χ0) is 14.1. The van der Waals surface area contributed by atoms with Gasteiger partial charge in [-0.05, 0) is 6.08 Å². The van der Waals surface area contributed by atoms with Gasteiger partial charge < -0.3 is 9.47 Å². The first kappa shape index (κ1) is 15.0. The number of hydrogen-bond acceptors (Lipinski definition) is 5. The molecule has 2 heterocycles. The predicted molar refractivity (Wildman–Crippen MR) is 77.5 cm³/mol. The molecule has 5 heteroatoms. The Morgan fingerprint density at radius 2 is 2.21 bits per heavy atom. The lowest BCUT2D eigenvalue weighted by Gasteiger charge is -2.34. The molecule has 4 nitrogen and oxygen atoms in total. The minimum Gasteiger partial charge on any atom is -0.371 e. The minimum absolute atomic E-state index is 0.0244. The first-order valence-corrected chi connectivity index (χ1v) is 7.17. The molecule has 0 N–H and O–H groups in total. The number of carbonyl (C=O) groups excluding carboxylic acids is 1. The van der Waals surface area contributed by atoms with E-state index in [-0.39, 0.29) is 17.3 Å². The van der Waals surface area contributed by atoms with Crippen LogP contribution in [0.2, 0.25) is 0 Å². The van der Waals surface area contributed by atoms with Crippen LogP contribution in [0.5, 0.6) is 0 Å². The van der Waals surface area contributed by atoms with Gasteiger partial charge in [-0.1, -0.05) is 26.8 Å². The Balaban J connectivity index is 1.85. The van der Waals surface area contributed by atoms with E-state index < -0.39 is 4.93 Å². The third kappa shape index (κ3) is 3.60. The molecule has 0 aromatic carbocycles. The molecule has 0 aromatic heterocycles. The Bertz CT molecular complexity index is 377. The van der Waals surface area contributed by atoms with E-state index in [2.05, 4.69) is 17.5 Å². The van der Waals surface area contributed by atoms with Crippen molar-refractivity contribution in [3.63, 3.8) is 0 Å². The fourth-order valence-electron chi connectivity index (χ4n) is 2.29. The Labute approximate surface area is 120 Å². The molecule has 2 unspecified atom stereocenters. The maximum Gasteiger partial charge on any atom is 0.160 e. The van der Waals surface area contributed by atoms with Crippen molar-refractivity contribution >= 4 is 18.4 Å². The molecular formula is C14H23NO3S. The number of likely N-dealkylation sites (tertiary alicyclic amines) is 1. The SMILES string of the molecule is CC(C)(C)C(=O)/C=C/CN1CC2OCCOC2(S)C1. The number of rotatable bonds is 3. The van der Waals surface area contributed by atoms with E-state index in [1.54, 1.807) is 6.08 Å². The molecular weight excluding hydrogens is 262 g/mol. The zero-order valence-corrected chi connectivity index (χ0v) is 12.8. The Hall–Kier alpha value is -0.360. The molecule has 2 rings (SSSR count). The van der Waals surface area contributed by atoms with Crippen molar-refractivity contribution in [1.82, 2.24) is 4.90 Å². The normalized spacial score (nSPS) is 32.7. The first-order chi connectivity index (χ1) is 8.81. The summed E-state index contributed by atoms with van der Waals surface area (Å²) in [5, 5.41) is 0. The average Bonchev–Trinajstić information content (AvgIpc) is 2.63. The van der Waals surface area contributed by atoms with E-state index in [0.717, 1.165) is 19.6 Å². The van der Waals surface area contributed by atoms with E-state index in [1.165, 1.54) is 0 Å². The highest BCUT2D eigenvalue weighted by atomic mass is 32.1. The lowest BCUT2D eigenvalue weighted by atomic mass is 9.91. The summed E-state index contributed by atoms with van der Waals surface area (Å²) in [7, 11) is 0. The smallest absolute Gasteiger partial charge is 0.160 e. The summed E-state index contributed by atoms with van der Waals surface area (Å²) in [4.78, 5) is 13.5. The largest absolute Gasteiger partial charge is 0.371 e. The van der Waals surface area contributed by atoms with Gasteiger partial charge in [0.25, 0.3) is 0 Å². The van der Waals surface area contributed by atoms with Gasteiger partial charge in [0.15, 0.2) is 10.7 Å². The molecule has 2 atom stereocenters. The van der Waals surface area contributed by atoms with E-state index >= 15 is 0 Å². The average molecular weight is 285 g/mol. The summed E-state index contributed by atoms with van der Waals surface area (Å²) in [5.41, 5.74) is -0.313. The van der Waals surface area contributed by atoms with Crippen LogP contribution in [0.3, 0.4) is 0 Å². The van der Waals surface area contributed by atoms with Crippen LogP contribution < -0.4 is 0 Å². The van der Waals surface area contributed by atoms with Gasteiger partial charge in [-0.25, -0.2) is 0 Å². The van der Waals surface area contributed by atoms with Crippen molar-refractivity contribution in [2.24, 2.45) is 5.41 Å². The molecule has 0 radical (unpaired) electrons. The summed E-state index contributed by atoms with van der Waals surface area (Å²) in [5.74, 6) is 0.150. The third-order valence-electron chi connectivity index (χ3n) is 3.50. The molecule has 0 aliphatic carbocycles. The van der Waals surface area contributed by atoms with Crippen LogP contribution in [-0.4, -0.2) is 54.6 Å². The van der Waals surface area contributed by atoms with Gasteiger partial charge in [0.1, 0.15) is 6.10 Å². The van der Waals surface area contributed by atoms with Crippen molar-refractivity contribution in [1.29, 1.82) is 0 Å². The lowest BCUT2D eigenvalue weighted by molar-refractivity contribution is -0.133. The van der Waals surface area contributed by atoms with Crippen molar-refractivity contribution in [2.45, 2.75) is 31.8 Å². The molecule has 0 bridgehead atoms. The second-order valence-corrected chi connectivity index (χ2v) is 7.02. The predicted octanol–water partition coefficient (Wildman–Crippen LogP) is 1.51. The molecule has 0 amide bonds. The van der Waals surface area contributed by atoms with Gasteiger partial charge in [-0.15, -0.1) is 12.6 Å². The Morgan fingerprint density at radius 3 is 2.84 bits per heavy atom. The fraction of sp³-hybridized carbons (Fsp3) is 0.786. The monoisotopic (exact) mass is 285 g/mol. The Kier molecular flexibility index (Phi) is 4.40. The quantitative estimate of drug-likeness (QED) is 0.630. The number of nitrogens with zero attached hydrogens (tertiary/aromatic N) is 1. The molecule has 19 heavy (non-hydrogen) atoms. The maximum atomic E-state index is 11.8. The Morgan fingerprint density at radius 1 is 1.47 bits per heavy atom. The highest BCUT2D eigenvalue weighted by Crippen LogP contribution is 2.34. The highest BCUT2D eigenvalue weighted by molar-refractivity contribution is 7.81. The summed E-state index contributed by atoms with van der Waals surface area (Å²) < 4.78 is 11.4. The first-order valence-electron chi connectivity index (χ1n) is 6.72. The van der Waals surface area contributed by atoms with Crippen molar-refractivity contribution in [3.05, 3.63) is 12.2 Å². The standard InChI is InChI=1S/C14H23NO3S/c1-13(2,3)11(16)5-4-6-15-9-12-14(19,10-15)18-8-7-17-12/h4-5,12,19H,6-10H2,1-3H3/b5-4+. The number of carbonyl (C=O) groups is 1. The van der Waals surface area contributed by atoms with Gasteiger partial charge in [-0.2, -0.15) is 0 Å². The van der Waals surface area contributed by atoms with Gasteiger partial charge >= 0.3 is 0 Å². The van der Waals surface area contributed by atoms with Crippen LogP contribution in [0.4, 0.5) is 0 Å². The van der Waals surface area contributed by atoms with Crippen LogP contribution in [0.1, 0.15) is 20.8 Å². The number of ketones is 1. The highest BCUT2D eigenvalue weighted by Gasteiger charge is 2.47. The summed E-state index contributed by atoms with van der Waals surface area (Å²) in [6, 6.07) is 0. The number of fused-ring (bicyclic) bond motifs is 1. The lowest BCUT2D eigenvalue weighted by Crippen LogP contribution is -2.45. The molecule has 0 spiro atoms. The number of ether oxygens (including phenoxy) is 2. The van der Waals surface area contributed by atoms with E-state index in [1.807, 2.05) is 26.8 Å². The molecule has 108 valence electrons. The second-order valence-electron chi connectivity index (χ2n) is 6.26.